The SMILES string of the molecule is COCCc1ccc(C(Cl)c2ccc(C)c(OC)c2)cc1. The molecule has 0 heterocycles. The summed E-state index contributed by atoms with van der Waals surface area (Å²) in [6.07, 6.45) is 0.919. The maximum absolute atomic E-state index is 6.59. The smallest absolute Gasteiger partial charge is 0.122 e. The molecule has 1 unspecified atom stereocenters. The Morgan fingerprint density at radius 2 is 1.67 bits per heavy atom. The van der Waals surface area contributed by atoms with Gasteiger partial charge in [0.2, 0.25) is 0 Å². The van der Waals surface area contributed by atoms with Gasteiger partial charge >= 0.3 is 0 Å². The monoisotopic (exact) mass is 304 g/mol. The molecular weight excluding hydrogens is 284 g/mol. The van der Waals surface area contributed by atoms with Crippen molar-refractivity contribution in [2.75, 3.05) is 20.8 Å². The fraction of sp³-hybridized carbons (Fsp3) is 0.333. The van der Waals surface area contributed by atoms with Crippen molar-refractivity contribution in [2.45, 2.75) is 18.7 Å². The van der Waals surface area contributed by atoms with Gasteiger partial charge in [-0.3, -0.25) is 0 Å². The Bertz CT molecular complexity index is 578. The van der Waals surface area contributed by atoms with Crippen LogP contribution in [0.25, 0.3) is 0 Å². The van der Waals surface area contributed by atoms with Crippen molar-refractivity contribution in [3.63, 3.8) is 0 Å². The normalized spacial score (nSPS) is 12.2. The van der Waals surface area contributed by atoms with Crippen molar-refractivity contribution in [3.8, 4) is 5.75 Å². The number of hydrogen-bond acceptors (Lipinski definition) is 2. The number of alkyl halides is 1. The number of halogens is 1. The molecule has 3 heteroatoms. The van der Waals surface area contributed by atoms with Crippen molar-refractivity contribution >= 4 is 11.6 Å². The number of rotatable bonds is 6. The van der Waals surface area contributed by atoms with Gasteiger partial charge in [0.05, 0.1) is 19.1 Å². The molecule has 0 N–H and O–H groups in total. The highest BCUT2D eigenvalue weighted by Gasteiger charge is 2.12. The number of benzene rings is 2. The summed E-state index contributed by atoms with van der Waals surface area (Å²) < 4.78 is 10.5. The van der Waals surface area contributed by atoms with Gasteiger partial charge in [-0.1, -0.05) is 36.4 Å². The van der Waals surface area contributed by atoms with Gasteiger partial charge in [0.25, 0.3) is 0 Å². The number of aryl methyl sites for hydroxylation is 1. The minimum Gasteiger partial charge on any atom is -0.496 e. The average Bonchev–Trinajstić information content (AvgIpc) is 2.53. The summed E-state index contributed by atoms with van der Waals surface area (Å²) in [7, 11) is 3.40. The van der Waals surface area contributed by atoms with Crippen LogP contribution in [0.5, 0.6) is 5.75 Å². The number of hydrogen-bond donors (Lipinski definition) is 0. The van der Waals surface area contributed by atoms with E-state index in [1.165, 1.54) is 5.56 Å². The lowest BCUT2D eigenvalue weighted by Gasteiger charge is -2.13. The second-order valence-electron chi connectivity index (χ2n) is 5.08. The highest BCUT2D eigenvalue weighted by Crippen LogP contribution is 2.32. The average molecular weight is 305 g/mol. The van der Waals surface area contributed by atoms with Crippen LogP contribution in [0, 0.1) is 6.92 Å². The molecule has 0 radical (unpaired) electrons. The summed E-state index contributed by atoms with van der Waals surface area (Å²) in [5.41, 5.74) is 4.50. The van der Waals surface area contributed by atoms with Gasteiger partial charge in [0, 0.05) is 7.11 Å². The largest absolute Gasteiger partial charge is 0.496 e. The van der Waals surface area contributed by atoms with Crippen molar-refractivity contribution in [2.24, 2.45) is 0 Å². The highest BCUT2D eigenvalue weighted by molar-refractivity contribution is 6.22. The molecule has 2 aromatic rings. The second kappa shape index (κ2) is 7.48. The van der Waals surface area contributed by atoms with Crippen LogP contribution in [0.15, 0.2) is 42.5 Å². The molecule has 0 spiro atoms. The summed E-state index contributed by atoms with van der Waals surface area (Å²) in [4.78, 5) is 0. The van der Waals surface area contributed by atoms with Crippen molar-refractivity contribution in [1.29, 1.82) is 0 Å². The van der Waals surface area contributed by atoms with E-state index in [2.05, 4.69) is 24.3 Å². The number of ether oxygens (including phenoxy) is 2. The van der Waals surface area contributed by atoms with Gasteiger partial charge in [-0.25, -0.2) is 0 Å². The Hall–Kier alpha value is -1.51. The predicted octanol–water partition coefficient (Wildman–Crippen LogP) is 4.52. The van der Waals surface area contributed by atoms with Crippen molar-refractivity contribution in [3.05, 3.63) is 64.7 Å². The summed E-state index contributed by atoms with van der Waals surface area (Å²) in [5.74, 6) is 0.870. The predicted molar refractivity (Wildman–Crippen MR) is 87.4 cm³/mol. The third-order valence-corrected chi connectivity index (χ3v) is 4.10. The third kappa shape index (κ3) is 3.99. The molecule has 112 valence electrons. The molecule has 0 bridgehead atoms. The van der Waals surface area contributed by atoms with E-state index in [1.54, 1.807) is 14.2 Å². The van der Waals surface area contributed by atoms with Gasteiger partial charge in [-0.2, -0.15) is 0 Å². The van der Waals surface area contributed by atoms with Crippen LogP contribution >= 0.6 is 11.6 Å². The van der Waals surface area contributed by atoms with Gasteiger partial charge in [0.15, 0.2) is 0 Å². The molecule has 0 aliphatic carbocycles. The van der Waals surface area contributed by atoms with Crippen LogP contribution in [-0.2, 0) is 11.2 Å². The van der Waals surface area contributed by atoms with Gasteiger partial charge in [0.1, 0.15) is 5.75 Å². The Labute approximate surface area is 131 Å². The summed E-state index contributed by atoms with van der Waals surface area (Å²) >= 11 is 6.59. The first kappa shape index (κ1) is 15.9. The molecule has 0 amide bonds. The molecule has 2 nitrogen and oxygen atoms in total. The van der Waals surface area contributed by atoms with E-state index in [4.69, 9.17) is 21.1 Å². The van der Waals surface area contributed by atoms with Crippen LogP contribution in [0.3, 0.4) is 0 Å². The summed E-state index contributed by atoms with van der Waals surface area (Å²) in [6.45, 7) is 2.76. The fourth-order valence-electron chi connectivity index (χ4n) is 2.26. The van der Waals surface area contributed by atoms with Gasteiger partial charge in [-0.15, -0.1) is 11.6 Å². The van der Waals surface area contributed by atoms with E-state index in [1.807, 2.05) is 25.1 Å². The molecule has 0 fully saturated rings. The first-order valence-electron chi connectivity index (χ1n) is 7.02. The first-order chi connectivity index (χ1) is 10.2. The standard InChI is InChI=1S/C18H21ClO2/c1-13-4-7-16(12-17(13)21-3)18(19)15-8-5-14(6-9-15)10-11-20-2/h4-9,12,18H,10-11H2,1-3H3. The zero-order valence-corrected chi connectivity index (χ0v) is 13.5. The molecule has 0 aliphatic rings. The maximum Gasteiger partial charge on any atom is 0.122 e. The maximum atomic E-state index is 6.59. The van der Waals surface area contributed by atoms with Crippen molar-refractivity contribution < 1.29 is 9.47 Å². The van der Waals surface area contributed by atoms with E-state index < -0.39 is 0 Å². The first-order valence-corrected chi connectivity index (χ1v) is 7.45. The molecule has 2 aromatic carbocycles. The zero-order chi connectivity index (χ0) is 15.2. The molecule has 0 aromatic heterocycles. The van der Waals surface area contributed by atoms with E-state index in [0.29, 0.717) is 0 Å². The summed E-state index contributed by atoms with van der Waals surface area (Å²) in [5, 5.41) is -0.170. The molecule has 1 atom stereocenters. The van der Waals surface area contributed by atoms with E-state index in [9.17, 15) is 0 Å². The minimum atomic E-state index is -0.170. The van der Waals surface area contributed by atoms with Gasteiger partial charge < -0.3 is 9.47 Å². The van der Waals surface area contributed by atoms with Crippen LogP contribution in [0.1, 0.15) is 27.6 Å². The second-order valence-corrected chi connectivity index (χ2v) is 5.51. The van der Waals surface area contributed by atoms with E-state index in [-0.39, 0.29) is 5.38 Å². The Morgan fingerprint density at radius 3 is 2.29 bits per heavy atom. The quantitative estimate of drug-likeness (QED) is 0.730. The molecule has 21 heavy (non-hydrogen) atoms. The number of methoxy groups -OCH3 is 2. The zero-order valence-electron chi connectivity index (χ0n) is 12.7. The van der Waals surface area contributed by atoms with Crippen LogP contribution in [0.4, 0.5) is 0 Å². The van der Waals surface area contributed by atoms with E-state index in [0.717, 1.165) is 35.5 Å². The Balaban J connectivity index is 2.17. The molecule has 0 aliphatic heterocycles. The lowest BCUT2D eigenvalue weighted by Crippen LogP contribution is -1.98. The molecule has 0 saturated heterocycles. The topological polar surface area (TPSA) is 18.5 Å². The third-order valence-electron chi connectivity index (χ3n) is 3.59. The highest BCUT2D eigenvalue weighted by atomic mass is 35.5. The lowest BCUT2D eigenvalue weighted by molar-refractivity contribution is 0.202. The molecular formula is C18H21ClO2. The molecule has 0 saturated carbocycles. The van der Waals surface area contributed by atoms with Crippen LogP contribution in [0.2, 0.25) is 0 Å². The Kier molecular flexibility index (Phi) is 5.66. The molecule has 2 rings (SSSR count). The Morgan fingerprint density at radius 1 is 1.00 bits per heavy atom. The van der Waals surface area contributed by atoms with Crippen LogP contribution in [-0.4, -0.2) is 20.8 Å². The fourth-order valence-corrected chi connectivity index (χ4v) is 2.54. The van der Waals surface area contributed by atoms with Crippen molar-refractivity contribution in [1.82, 2.24) is 0 Å². The van der Waals surface area contributed by atoms with Crippen LogP contribution < -0.4 is 4.74 Å². The minimum absolute atomic E-state index is 0.170. The summed E-state index contributed by atoms with van der Waals surface area (Å²) in [6, 6.07) is 14.5. The van der Waals surface area contributed by atoms with Gasteiger partial charge in [-0.05, 0) is 41.7 Å². The lowest BCUT2D eigenvalue weighted by atomic mass is 10.0. The van der Waals surface area contributed by atoms with E-state index >= 15 is 0 Å².